The third-order valence-corrected chi connectivity index (χ3v) is 5.58. The maximum atomic E-state index is 12.3. The van der Waals surface area contributed by atoms with Crippen LogP contribution in [0, 0.1) is 0 Å². The Kier molecular flexibility index (Phi) is 5.63. The second-order valence-electron chi connectivity index (χ2n) is 5.18. The van der Waals surface area contributed by atoms with Crippen molar-refractivity contribution < 1.29 is 13.7 Å². The molecule has 4 nitrogen and oxygen atoms in total. The van der Waals surface area contributed by atoms with Crippen LogP contribution in [0.5, 0.6) is 0 Å². The molecule has 2 aromatic carbocycles. The Morgan fingerprint density at radius 2 is 1.92 bits per heavy atom. The van der Waals surface area contributed by atoms with Crippen molar-refractivity contribution in [3.05, 3.63) is 70.2 Å². The molecule has 7 heteroatoms. The molecular formula is C18H14ClNO3S2. The average Bonchev–Trinajstić information content (AvgIpc) is 3.09. The molecule has 25 heavy (non-hydrogen) atoms. The van der Waals surface area contributed by atoms with Gasteiger partial charge < -0.3 is 4.74 Å². The van der Waals surface area contributed by atoms with Crippen molar-refractivity contribution in [2.45, 2.75) is 11.5 Å². The number of rotatable bonds is 5. The SMILES string of the molecule is C[S@@](=O)c1ccccc1C(=O)OCc1csc(-c2ccc(Cl)cc2)n1. The number of thiazole rings is 1. The third-order valence-electron chi connectivity index (χ3n) is 3.41. The quantitative estimate of drug-likeness (QED) is 0.598. The Morgan fingerprint density at radius 1 is 1.20 bits per heavy atom. The second kappa shape index (κ2) is 7.91. The lowest BCUT2D eigenvalue weighted by molar-refractivity contribution is 0.0464. The van der Waals surface area contributed by atoms with Crippen molar-refractivity contribution in [2.75, 3.05) is 6.26 Å². The largest absolute Gasteiger partial charge is 0.456 e. The molecule has 0 aliphatic heterocycles. The van der Waals surface area contributed by atoms with Gasteiger partial charge in [0.1, 0.15) is 11.6 Å². The van der Waals surface area contributed by atoms with Crippen molar-refractivity contribution in [2.24, 2.45) is 0 Å². The number of nitrogens with zero attached hydrogens (tertiary/aromatic N) is 1. The highest BCUT2D eigenvalue weighted by atomic mass is 35.5. The van der Waals surface area contributed by atoms with Crippen LogP contribution in [0.25, 0.3) is 10.6 Å². The number of esters is 1. The first kappa shape index (κ1) is 17.8. The smallest absolute Gasteiger partial charge is 0.339 e. The summed E-state index contributed by atoms with van der Waals surface area (Å²) in [6.45, 7) is 0.0631. The summed E-state index contributed by atoms with van der Waals surface area (Å²) in [7, 11) is -1.26. The Hall–Kier alpha value is -2.02. The number of benzene rings is 2. The second-order valence-corrected chi connectivity index (χ2v) is 7.82. The minimum atomic E-state index is -1.26. The van der Waals surface area contributed by atoms with Crippen LogP contribution in [0.15, 0.2) is 58.8 Å². The maximum absolute atomic E-state index is 12.3. The first-order chi connectivity index (χ1) is 12.0. The van der Waals surface area contributed by atoms with E-state index < -0.39 is 16.8 Å². The zero-order valence-corrected chi connectivity index (χ0v) is 15.7. The first-order valence-corrected chi connectivity index (χ1v) is 10.2. The van der Waals surface area contributed by atoms with Crippen LogP contribution in [-0.4, -0.2) is 21.4 Å². The summed E-state index contributed by atoms with van der Waals surface area (Å²) < 4.78 is 17.0. The fraction of sp³-hybridized carbons (Fsp3) is 0.111. The lowest BCUT2D eigenvalue weighted by atomic mass is 10.2. The van der Waals surface area contributed by atoms with Crippen LogP contribution >= 0.6 is 22.9 Å². The summed E-state index contributed by atoms with van der Waals surface area (Å²) in [6, 6.07) is 14.1. The lowest BCUT2D eigenvalue weighted by Crippen LogP contribution is -2.09. The molecule has 3 aromatic rings. The van der Waals surface area contributed by atoms with Gasteiger partial charge in [-0.3, -0.25) is 4.21 Å². The number of hydrogen-bond acceptors (Lipinski definition) is 5. The Balaban J connectivity index is 1.69. The fourth-order valence-corrected chi connectivity index (χ4v) is 3.87. The van der Waals surface area contributed by atoms with E-state index in [-0.39, 0.29) is 6.61 Å². The van der Waals surface area contributed by atoms with Crippen LogP contribution < -0.4 is 0 Å². The fourth-order valence-electron chi connectivity index (χ4n) is 2.20. The van der Waals surface area contributed by atoms with Crippen molar-refractivity contribution in [3.63, 3.8) is 0 Å². The van der Waals surface area contributed by atoms with E-state index in [1.807, 2.05) is 17.5 Å². The van der Waals surface area contributed by atoms with Gasteiger partial charge in [-0.25, -0.2) is 9.78 Å². The summed E-state index contributed by atoms with van der Waals surface area (Å²) >= 11 is 7.36. The number of carbonyl (C=O) groups is 1. The highest BCUT2D eigenvalue weighted by Gasteiger charge is 2.15. The number of hydrogen-bond donors (Lipinski definition) is 0. The molecule has 0 aliphatic rings. The van der Waals surface area contributed by atoms with E-state index in [2.05, 4.69) is 4.98 Å². The van der Waals surface area contributed by atoms with Gasteiger partial charge in [-0.15, -0.1) is 11.3 Å². The van der Waals surface area contributed by atoms with Gasteiger partial charge in [0, 0.05) is 22.2 Å². The van der Waals surface area contributed by atoms with E-state index in [1.54, 1.807) is 36.4 Å². The number of aromatic nitrogens is 1. The molecular weight excluding hydrogens is 378 g/mol. The molecule has 0 radical (unpaired) electrons. The molecule has 0 saturated heterocycles. The first-order valence-electron chi connectivity index (χ1n) is 7.34. The standard InChI is InChI=1S/C18H14ClNO3S2/c1-25(22)16-5-3-2-4-15(16)18(21)23-10-14-11-24-17(20-14)12-6-8-13(19)9-7-12/h2-9,11H,10H2,1H3/t25-/m1/s1. The minimum Gasteiger partial charge on any atom is -0.456 e. The van der Waals surface area contributed by atoms with E-state index in [4.69, 9.17) is 16.3 Å². The molecule has 0 fully saturated rings. The number of carbonyl (C=O) groups excluding carboxylic acids is 1. The number of halogens is 1. The summed E-state index contributed by atoms with van der Waals surface area (Å²) in [4.78, 5) is 17.2. The van der Waals surface area contributed by atoms with Crippen LogP contribution in [0.4, 0.5) is 0 Å². The molecule has 0 unspecified atom stereocenters. The van der Waals surface area contributed by atoms with E-state index in [0.717, 1.165) is 10.6 Å². The van der Waals surface area contributed by atoms with E-state index in [1.165, 1.54) is 17.6 Å². The molecule has 0 amide bonds. The van der Waals surface area contributed by atoms with Crippen LogP contribution in [0.1, 0.15) is 16.1 Å². The monoisotopic (exact) mass is 391 g/mol. The molecule has 1 heterocycles. The normalized spacial score (nSPS) is 11.9. The van der Waals surface area contributed by atoms with Gasteiger partial charge in [-0.1, -0.05) is 35.9 Å². The van der Waals surface area contributed by atoms with Crippen molar-refractivity contribution in [3.8, 4) is 10.6 Å². The van der Waals surface area contributed by atoms with Crippen molar-refractivity contribution in [1.82, 2.24) is 4.98 Å². The average molecular weight is 392 g/mol. The molecule has 0 saturated carbocycles. The third kappa shape index (κ3) is 4.34. The lowest BCUT2D eigenvalue weighted by Gasteiger charge is -2.06. The summed E-state index contributed by atoms with van der Waals surface area (Å²) in [5.74, 6) is -0.508. The summed E-state index contributed by atoms with van der Waals surface area (Å²) in [5.41, 5.74) is 1.94. The highest BCUT2D eigenvalue weighted by Crippen LogP contribution is 2.25. The predicted molar refractivity (Wildman–Crippen MR) is 100 cm³/mol. The zero-order valence-electron chi connectivity index (χ0n) is 13.3. The highest BCUT2D eigenvalue weighted by molar-refractivity contribution is 7.84. The molecule has 1 atom stereocenters. The Labute approximate surface area is 156 Å². The summed E-state index contributed by atoms with van der Waals surface area (Å²) in [6.07, 6.45) is 1.53. The topological polar surface area (TPSA) is 56.3 Å². The molecule has 0 aliphatic carbocycles. The Bertz CT molecular complexity index is 922. The van der Waals surface area contributed by atoms with E-state index in [9.17, 15) is 9.00 Å². The van der Waals surface area contributed by atoms with Crippen LogP contribution in [-0.2, 0) is 22.1 Å². The van der Waals surface area contributed by atoms with Gasteiger partial charge in [0.2, 0.25) is 0 Å². The van der Waals surface area contributed by atoms with Gasteiger partial charge >= 0.3 is 5.97 Å². The van der Waals surface area contributed by atoms with Crippen molar-refractivity contribution >= 4 is 39.7 Å². The zero-order chi connectivity index (χ0) is 17.8. The molecule has 1 aromatic heterocycles. The van der Waals surface area contributed by atoms with Crippen molar-refractivity contribution in [1.29, 1.82) is 0 Å². The summed E-state index contributed by atoms with van der Waals surface area (Å²) in [5, 5.41) is 3.35. The van der Waals surface area contributed by atoms with Gasteiger partial charge in [0.25, 0.3) is 0 Å². The number of ether oxygens (including phenoxy) is 1. The molecule has 0 N–H and O–H groups in total. The van der Waals surface area contributed by atoms with Crippen LogP contribution in [0.3, 0.4) is 0 Å². The molecule has 128 valence electrons. The van der Waals surface area contributed by atoms with Crippen LogP contribution in [0.2, 0.25) is 5.02 Å². The van der Waals surface area contributed by atoms with E-state index >= 15 is 0 Å². The van der Waals surface area contributed by atoms with Gasteiger partial charge in [0.05, 0.1) is 27.0 Å². The van der Waals surface area contributed by atoms with Gasteiger partial charge in [-0.05, 0) is 24.3 Å². The molecule has 3 rings (SSSR count). The Morgan fingerprint density at radius 3 is 2.64 bits per heavy atom. The van der Waals surface area contributed by atoms with Gasteiger partial charge in [0.15, 0.2) is 0 Å². The minimum absolute atomic E-state index is 0.0631. The van der Waals surface area contributed by atoms with Gasteiger partial charge in [-0.2, -0.15) is 0 Å². The maximum Gasteiger partial charge on any atom is 0.339 e. The molecule has 0 spiro atoms. The molecule has 0 bridgehead atoms. The van der Waals surface area contributed by atoms with E-state index in [0.29, 0.717) is 21.2 Å². The predicted octanol–water partition coefficient (Wildman–Crippen LogP) is 4.56.